The van der Waals surface area contributed by atoms with Gasteiger partial charge in [-0.05, 0) is 49.5 Å². The van der Waals surface area contributed by atoms with Crippen LogP contribution in [0.25, 0.3) is 34.1 Å². The third-order valence-electron chi connectivity index (χ3n) is 8.04. The van der Waals surface area contributed by atoms with E-state index in [-0.39, 0.29) is 23.7 Å². The topological polar surface area (TPSA) is 134 Å². The summed E-state index contributed by atoms with van der Waals surface area (Å²) in [5.74, 6) is 1.99. The van der Waals surface area contributed by atoms with Crippen LogP contribution in [0.2, 0.25) is 5.02 Å². The molecule has 11 nitrogen and oxygen atoms in total. The predicted octanol–water partition coefficient (Wildman–Crippen LogP) is 4.83. The van der Waals surface area contributed by atoms with Gasteiger partial charge in [-0.15, -0.1) is 0 Å². The summed E-state index contributed by atoms with van der Waals surface area (Å²) in [6.07, 6.45) is 9.59. The molecule has 4 aromatic rings. The number of rotatable bonds is 7. The fraction of sp³-hybridized carbons (Fsp3) is 0.556. The number of aromatic amines is 1. The fourth-order valence-corrected chi connectivity index (χ4v) is 6.10. The van der Waals surface area contributed by atoms with Gasteiger partial charge >= 0.3 is 5.76 Å². The molecule has 1 N–H and O–H groups in total. The fourth-order valence-electron chi connectivity index (χ4n) is 5.93. The van der Waals surface area contributed by atoms with Gasteiger partial charge < -0.3 is 14.0 Å². The number of ether oxygens (including phenoxy) is 2. The summed E-state index contributed by atoms with van der Waals surface area (Å²) in [4.78, 5) is 33.3. The summed E-state index contributed by atoms with van der Waals surface area (Å²) < 4.78 is 18.8. The van der Waals surface area contributed by atoms with E-state index in [1.165, 1.54) is 12.8 Å². The van der Waals surface area contributed by atoms with Crippen molar-refractivity contribution in [1.29, 1.82) is 0 Å². The van der Waals surface area contributed by atoms with Crippen LogP contribution in [0.5, 0.6) is 0 Å². The Labute approximate surface area is 230 Å². The lowest BCUT2D eigenvalue weighted by Crippen LogP contribution is -2.27. The Morgan fingerprint density at radius 3 is 2.62 bits per heavy atom. The lowest BCUT2D eigenvalue weighted by molar-refractivity contribution is -0.0200. The Balaban J connectivity index is 1.57. The number of H-pyrrole nitrogens is 1. The molecule has 2 fully saturated rings. The second kappa shape index (κ2) is 11.1. The molecule has 2 aliphatic rings. The van der Waals surface area contributed by atoms with Crippen LogP contribution >= 0.6 is 11.6 Å². The summed E-state index contributed by atoms with van der Waals surface area (Å²) in [7, 11) is 1.74. The van der Waals surface area contributed by atoms with Crippen molar-refractivity contribution >= 4 is 22.8 Å². The number of halogens is 1. The molecule has 5 heterocycles. The molecule has 0 spiro atoms. The van der Waals surface area contributed by atoms with Crippen LogP contribution in [0.3, 0.4) is 0 Å². The van der Waals surface area contributed by atoms with Gasteiger partial charge in [0.05, 0.1) is 5.02 Å². The summed E-state index contributed by atoms with van der Waals surface area (Å²) >= 11 is 6.36. The highest BCUT2D eigenvalue weighted by Crippen LogP contribution is 2.39. The van der Waals surface area contributed by atoms with Gasteiger partial charge in [0.15, 0.2) is 5.65 Å². The van der Waals surface area contributed by atoms with E-state index in [1.54, 1.807) is 19.5 Å². The lowest BCUT2D eigenvalue weighted by atomic mass is 9.83. The number of hydrogen-bond acceptors (Lipinski definition) is 9. The van der Waals surface area contributed by atoms with Crippen LogP contribution < -0.4 is 5.76 Å². The van der Waals surface area contributed by atoms with Crippen molar-refractivity contribution in [2.24, 2.45) is 17.8 Å². The molecular weight excluding hydrogens is 522 g/mol. The van der Waals surface area contributed by atoms with E-state index in [9.17, 15) is 4.79 Å². The van der Waals surface area contributed by atoms with Gasteiger partial charge in [0.2, 0.25) is 11.6 Å². The number of imidazole rings is 1. The van der Waals surface area contributed by atoms with Crippen LogP contribution in [-0.2, 0) is 16.0 Å². The number of hydrogen-bond donors (Lipinski definition) is 1. The normalized spacial score (nSPS) is 21.4. The zero-order valence-corrected chi connectivity index (χ0v) is 22.9. The largest absolute Gasteiger partial charge is 0.439 e. The molecule has 1 saturated heterocycles. The highest BCUT2D eigenvalue weighted by Gasteiger charge is 2.33. The smallest absolute Gasteiger partial charge is 0.381 e. The third-order valence-corrected chi connectivity index (χ3v) is 8.25. The van der Waals surface area contributed by atoms with E-state index in [0.29, 0.717) is 41.1 Å². The van der Waals surface area contributed by atoms with Crippen LogP contribution in [0, 0.1) is 17.8 Å². The van der Waals surface area contributed by atoms with Crippen LogP contribution in [-0.4, -0.2) is 55.0 Å². The second-order valence-corrected chi connectivity index (χ2v) is 11.2. The maximum Gasteiger partial charge on any atom is 0.439 e. The van der Waals surface area contributed by atoms with E-state index in [4.69, 9.17) is 40.5 Å². The summed E-state index contributed by atoms with van der Waals surface area (Å²) in [6, 6.07) is 1.82. The maximum absolute atomic E-state index is 11.7. The monoisotopic (exact) mass is 553 g/mol. The zero-order chi connectivity index (χ0) is 26.9. The average Bonchev–Trinajstić information content (AvgIpc) is 3.54. The van der Waals surface area contributed by atoms with Gasteiger partial charge in [-0.25, -0.2) is 19.7 Å². The lowest BCUT2D eigenvalue weighted by Gasteiger charge is -2.31. The van der Waals surface area contributed by atoms with Gasteiger partial charge in [-0.2, -0.15) is 0 Å². The molecule has 39 heavy (non-hydrogen) atoms. The molecule has 0 aromatic carbocycles. The third kappa shape index (κ3) is 5.35. The van der Waals surface area contributed by atoms with Crippen molar-refractivity contribution in [3.8, 4) is 22.9 Å². The number of methoxy groups -OCH3 is 1. The highest BCUT2D eigenvalue weighted by molar-refractivity contribution is 6.30. The van der Waals surface area contributed by atoms with Crippen LogP contribution in [0.1, 0.15) is 57.4 Å². The molecular formula is C27H32ClN7O4. The molecule has 0 radical (unpaired) electrons. The minimum atomic E-state index is -0.684. The molecule has 1 unspecified atom stereocenters. The van der Waals surface area contributed by atoms with Crippen molar-refractivity contribution in [2.75, 3.05) is 20.3 Å². The summed E-state index contributed by atoms with van der Waals surface area (Å²) in [6.45, 7) is 4.52. The van der Waals surface area contributed by atoms with Crippen molar-refractivity contribution in [2.45, 2.75) is 58.1 Å². The van der Waals surface area contributed by atoms with E-state index in [0.717, 1.165) is 49.5 Å². The van der Waals surface area contributed by atoms with E-state index >= 15 is 0 Å². The first-order valence-corrected chi connectivity index (χ1v) is 13.9. The number of nitrogens with one attached hydrogen (secondary N) is 1. The minimum absolute atomic E-state index is 0.128. The van der Waals surface area contributed by atoms with Crippen LogP contribution in [0.4, 0.5) is 0 Å². The molecule has 0 bridgehead atoms. The van der Waals surface area contributed by atoms with Gasteiger partial charge in [0.25, 0.3) is 0 Å². The quantitative estimate of drug-likeness (QED) is 0.341. The summed E-state index contributed by atoms with van der Waals surface area (Å²) in [5, 5.41) is 4.30. The average molecular weight is 554 g/mol. The molecule has 4 aromatic heterocycles. The number of fused-ring (bicyclic) bond motifs is 1. The maximum atomic E-state index is 11.7. The Hall–Kier alpha value is -3.15. The van der Waals surface area contributed by atoms with Crippen molar-refractivity contribution in [3.05, 3.63) is 39.9 Å². The molecule has 0 amide bonds. The molecule has 1 atom stereocenters. The first kappa shape index (κ1) is 26.1. The number of pyridine rings is 1. The second-order valence-electron chi connectivity index (χ2n) is 10.7. The van der Waals surface area contributed by atoms with Crippen molar-refractivity contribution in [3.63, 3.8) is 0 Å². The molecule has 1 aliphatic carbocycles. The molecule has 206 valence electrons. The molecule has 1 saturated carbocycles. The van der Waals surface area contributed by atoms with E-state index < -0.39 is 5.76 Å². The Kier molecular flexibility index (Phi) is 7.46. The molecule has 6 rings (SSSR count). The summed E-state index contributed by atoms with van der Waals surface area (Å²) in [5.41, 5.74) is 2.61. The highest BCUT2D eigenvalue weighted by atomic mass is 35.5. The van der Waals surface area contributed by atoms with Crippen LogP contribution in [0.15, 0.2) is 27.8 Å². The predicted molar refractivity (Wildman–Crippen MR) is 144 cm³/mol. The van der Waals surface area contributed by atoms with Gasteiger partial charge in [-0.3, -0.25) is 14.5 Å². The van der Waals surface area contributed by atoms with Crippen molar-refractivity contribution < 1.29 is 14.0 Å². The zero-order valence-electron chi connectivity index (χ0n) is 22.1. The van der Waals surface area contributed by atoms with Gasteiger partial charge in [0, 0.05) is 44.8 Å². The first-order valence-electron chi connectivity index (χ1n) is 13.6. The van der Waals surface area contributed by atoms with Crippen molar-refractivity contribution in [1.82, 2.24) is 34.6 Å². The van der Waals surface area contributed by atoms with E-state index in [2.05, 4.69) is 26.6 Å². The Bertz CT molecular complexity index is 1500. The standard InChI is InChI=1S/C27H32ClN7O4/c1-15-3-5-16(6-4-15)14-35-21-20(18-11-19(28)13-29-12-18)30-24(25-33-27(36)39-34-25)31-23(21)32-26(35)22(37-2)17-7-9-38-10-8-17/h11-13,15-17,22H,3-10,14H2,1-2H3,(H,33,34,36). The van der Waals surface area contributed by atoms with Gasteiger partial charge in [-0.1, -0.05) is 36.5 Å². The SMILES string of the molecule is COC(c1nc2nc(-c3noc(=O)[nH]3)nc(-c3cncc(Cl)c3)c2n1CC1CCC(C)CC1)C1CCOCC1. The Morgan fingerprint density at radius 1 is 1.13 bits per heavy atom. The number of aromatic nitrogens is 7. The van der Waals surface area contributed by atoms with Gasteiger partial charge in [0.1, 0.15) is 23.1 Å². The first-order chi connectivity index (χ1) is 19.0. The number of nitrogens with zero attached hydrogens (tertiary/aromatic N) is 6. The Morgan fingerprint density at radius 2 is 1.92 bits per heavy atom. The molecule has 1 aliphatic heterocycles. The van der Waals surface area contributed by atoms with E-state index in [1.807, 2.05) is 6.07 Å². The minimum Gasteiger partial charge on any atom is -0.381 e. The molecule has 12 heteroatoms.